The average molecular weight is 355 g/mol. The van der Waals surface area contributed by atoms with Gasteiger partial charge in [0.2, 0.25) is 5.91 Å². The van der Waals surface area contributed by atoms with E-state index in [4.69, 9.17) is 0 Å². The van der Waals surface area contributed by atoms with Crippen LogP contribution in [0.15, 0.2) is 54.6 Å². The minimum absolute atomic E-state index is 0. The number of para-hydroxylation sites is 1. The lowest BCUT2D eigenvalue weighted by molar-refractivity contribution is 0.0889. The molecule has 4 rings (SSSR count). The van der Waals surface area contributed by atoms with Crippen LogP contribution in [0.1, 0.15) is 34.5 Å². The lowest BCUT2D eigenvalue weighted by Gasteiger charge is -2.16. The van der Waals surface area contributed by atoms with Crippen molar-refractivity contribution >= 4 is 29.2 Å². The van der Waals surface area contributed by atoms with Gasteiger partial charge in [-0.1, -0.05) is 48.5 Å². The van der Waals surface area contributed by atoms with Gasteiger partial charge < -0.3 is 5.32 Å². The van der Waals surface area contributed by atoms with Gasteiger partial charge in [0, 0.05) is 24.0 Å². The van der Waals surface area contributed by atoms with E-state index in [9.17, 15) is 4.79 Å². The van der Waals surface area contributed by atoms with Crippen molar-refractivity contribution in [2.75, 3.05) is 6.54 Å². The van der Waals surface area contributed by atoms with Gasteiger partial charge in [-0.05, 0) is 43.0 Å². The van der Waals surface area contributed by atoms with E-state index in [1.54, 1.807) is 0 Å². The normalized spacial score (nSPS) is 13.5. The summed E-state index contributed by atoms with van der Waals surface area (Å²) in [5.74, 6) is 0.246. The number of carbonyl (C=O) groups excluding carboxylic acids is 1. The van der Waals surface area contributed by atoms with Gasteiger partial charge in [-0.25, -0.2) is 0 Å². The standard InChI is InChI=1S/C21H22N2O.ClH/c24-21-12-6-11-20-18(17-9-4-5-10-19(17)23(20)21)13-14-22-15-16-7-2-1-3-8-16;/h1-5,7-10,22H,6,11-15H2;1H. The fourth-order valence-electron chi connectivity index (χ4n) is 3.75. The second-order valence-electron chi connectivity index (χ2n) is 6.44. The van der Waals surface area contributed by atoms with Crippen LogP contribution in [-0.2, 0) is 19.4 Å². The van der Waals surface area contributed by atoms with Gasteiger partial charge in [0.05, 0.1) is 5.52 Å². The molecule has 0 unspecified atom stereocenters. The molecule has 0 aliphatic carbocycles. The number of halogens is 1. The van der Waals surface area contributed by atoms with E-state index in [1.807, 2.05) is 16.7 Å². The van der Waals surface area contributed by atoms with Crippen molar-refractivity contribution in [2.45, 2.75) is 32.2 Å². The van der Waals surface area contributed by atoms with Gasteiger partial charge in [-0.15, -0.1) is 12.4 Å². The molecule has 2 aromatic carbocycles. The number of benzene rings is 2. The molecule has 1 N–H and O–H groups in total. The molecule has 0 bridgehead atoms. The van der Waals surface area contributed by atoms with Gasteiger partial charge >= 0.3 is 0 Å². The summed E-state index contributed by atoms with van der Waals surface area (Å²) in [5, 5.41) is 4.77. The van der Waals surface area contributed by atoms with Crippen molar-refractivity contribution in [3.8, 4) is 0 Å². The van der Waals surface area contributed by atoms with Crippen molar-refractivity contribution in [3.63, 3.8) is 0 Å². The third kappa shape index (κ3) is 3.48. The maximum Gasteiger partial charge on any atom is 0.231 e. The lowest BCUT2D eigenvalue weighted by atomic mass is 10.0. The average Bonchev–Trinajstić information content (AvgIpc) is 2.95. The largest absolute Gasteiger partial charge is 0.312 e. The number of hydrogen-bond acceptors (Lipinski definition) is 2. The molecule has 3 nitrogen and oxygen atoms in total. The van der Waals surface area contributed by atoms with E-state index in [0.29, 0.717) is 6.42 Å². The predicted molar refractivity (Wildman–Crippen MR) is 105 cm³/mol. The van der Waals surface area contributed by atoms with Gasteiger partial charge in [-0.2, -0.15) is 0 Å². The Morgan fingerprint density at radius 3 is 2.56 bits per heavy atom. The molecule has 130 valence electrons. The molecule has 0 spiro atoms. The van der Waals surface area contributed by atoms with Crippen molar-refractivity contribution in [2.24, 2.45) is 0 Å². The van der Waals surface area contributed by atoms with Gasteiger partial charge in [0.1, 0.15) is 0 Å². The van der Waals surface area contributed by atoms with Crippen LogP contribution in [0.5, 0.6) is 0 Å². The van der Waals surface area contributed by atoms with Crippen LogP contribution in [0, 0.1) is 0 Å². The first-order valence-electron chi connectivity index (χ1n) is 8.73. The molecule has 0 amide bonds. The molecule has 25 heavy (non-hydrogen) atoms. The van der Waals surface area contributed by atoms with E-state index < -0.39 is 0 Å². The smallest absolute Gasteiger partial charge is 0.231 e. The summed E-state index contributed by atoms with van der Waals surface area (Å²) < 4.78 is 1.96. The SMILES string of the molecule is Cl.O=C1CCCc2c(CCNCc3ccccc3)c3ccccc3n21. The first kappa shape index (κ1) is 17.7. The summed E-state index contributed by atoms with van der Waals surface area (Å²) in [4.78, 5) is 12.4. The quantitative estimate of drug-likeness (QED) is 0.690. The first-order chi connectivity index (χ1) is 11.8. The second-order valence-corrected chi connectivity index (χ2v) is 6.44. The topological polar surface area (TPSA) is 34.0 Å². The zero-order valence-electron chi connectivity index (χ0n) is 14.2. The van der Waals surface area contributed by atoms with Crippen molar-refractivity contribution in [1.29, 1.82) is 0 Å². The number of fused-ring (bicyclic) bond motifs is 3. The third-order valence-electron chi connectivity index (χ3n) is 4.87. The highest BCUT2D eigenvalue weighted by molar-refractivity contribution is 5.96. The Hall–Kier alpha value is -2.10. The highest BCUT2D eigenvalue weighted by Gasteiger charge is 2.23. The molecule has 0 atom stereocenters. The summed E-state index contributed by atoms with van der Waals surface area (Å²) in [7, 11) is 0. The molecule has 0 saturated heterocycles. The number of rotatable bonds is 5. The van der Waals surface area contributed by atoms with Gasteiger partial charge in [0.15, 0.2) is 0 Å². The number of nitrogens with one attached hydrogen (secondary N) is 1. The molecule has 1 aromatic heterocycles. The maximum atomic E-state index is 12.4. The predicted octanol–water partition coefficient (Wildman–Crippen LogP) is 4.37. The van der Waals surface area contributed by atoms with Gasteiger partial charge in [0.25, 0.3) is 0 Å². The molecule has 1 aliphatic heterocycles. The molecule has 1 aliphatic rings. The first-order valence-corrected chi connectivity index (χ1v) is 8.73. The second kappa shape index (κ2) is 7.85. The summed E-state index contributed by atoms with van der Waals surface area (Å²) in [6.07, 6.45) is 3.61. The van der Waals surface area contributed by atoms with Crippen LogP contribution < -0.4 is 5.32 Å². The monoisotopic (exact) mass is 354 g/mol. The molecule has 0 radical (unpaired) electrons. The van der Waals surface area contributed by atoms with Crippen LogP contribution in [0.3, 0.4) is 0 Å². The molecular formula is C21H23ClN2O. The van der Waals surface area contributed by atoms with Crippen LogP contribution in [0.2, 0.25) is 0 Å². The molecule has 4 heteroatoms. The summed E-state index contributed by atoms with van der Waals surface area (Å²) in [6.45, 7) is 1.80. The van der Waals surface area contributed by atoms with Crippen LogP contribution in [-0.4, -0.2) is 17.0 Å². The van der Waals surface area contributed by atoms with Crippen molar-refractivity contribution < 1.29 is 4.79 Å². The van der Waals surface area contributed by atoms with E-state index >= 15 is 0 Å². The Morgan fingerprint density at radius 2 is 1.72 bits per heavy atom. The molecular weight excluding hydrogens is 332 g/mol. The number of carbonyl (C=O) groups is 1. The van der Waals surface area contributed by atoms with Crippen molar-refractivity contribution in [1.82, 2.24) is 9.88 Å². The Morgan fingerprint density at radius 1 is 0.960 bits per heavy atom. The van der Waals surface area contributed by atoms with Crippen LogP contribution in [0.25, 0.3) is 10.9 Å². The summed E-state index contributed by atoms with van der Waals surface area (Å²) in [5.41, 5.74) is 4.96. The van der Waals surface area contributed by atoms with Crippen LogP contribution >= 0.6 is 12.4 Å². The minimum Gasteiger partial charge on any atom is -0.312 e. The summed E-state index contributed by atoms with van der Waals surface area (Å²) in [6, 6.07) is 18.8. The van der Waals surface area contributed by atoms with E-state index in [1.165, 1.54) is 22.2 Å². The fraction of sp³-hybridized carbons (Fsp3) is 0.286. The maximum absolute atomic E-state index is 12.4. The Labute approximate surface area is 154 Å². The Bertz CT molecular complexity index is 870. The number of hydrogen-bond donors (Lipinski definition) is 1. The van der Waals surface area contributed by atoms with Crippen LogP contribution in [0.4, 0.5) is 0 Å². The highest BCUT2D eigenvalue weighted by atomic mass is 35.5. The zero-order valence-corrected chi connectivity index (χ0v) is 15.0. The van der Waals surface area contributed by atoms with E-state index in [2.05, 4.69) is 47.8 Å². The Kier molecular flexibility index (Phi) is 5.57. The molecule has 0 fully saturated rings. The minimum atomic E-state index is 0. The lowest BCUT2D eigenvalue weighted by Crippen LogP contribution is -2.21. The van der Waals surface area contributed by atoms with Crippen molar-refractivity contribution in [3.05, 3.63) is 71.4 Å². The highest BCUT2D eigenvalue weighted by Crippen LogP contribution is 2.30. The number of nitrogens with zero attached hydrogens (tertiary/aromatic N) is 1. The number of aromatic nitrogens is 1. The third-order valence-corrected chi connectivity index (χ3v) is 4.87. The zero-order chi connectivity index (χ0) is 16.4. The summed E-state index contributed by atoms with van der Waals surface area (Å²) >= 11 is 0. The van der Waals surface area contributed by atoms with E-state index in [0.717, 1.165) is 37.9 Å². The molecule has 0 saturated carbocycles. The van der Waals surface area contributed by atoms with Gasteiger partial charge in [-0.3, -0.25) is 9.36 Å². The molecule has 2 heterocycles. The Balaban J connectivity index is 0.00000182. The molecule has 3 aromatic rings. The van der Waals surface area contributed by atoms with E-state index in [-0.39, 0.29) is 18.3 Å². The fourth-order valence-corrected chi connectivity index (χ4v) is 3.75.